The van der Waals surface area contributed by atoms with E-state index in [0.717, 1.165) is 5.69 Å². The summed E-state index contributed by atoms with van der Waals surface area (Å²) in [5.74, 6) is 0.806. The molecule has 0 aromatic carbocycles. The van der Waals surface area contributed by atoms with E-state index in [0.29, 0.717) is 11.8 Å². The third kappa shape index (κ3) is 2.00. The molecular weight excluding hydrogens is 162 g/mol. The zero-order valence-electron chi connectivity index (χ0n) is 8.78. The van der Waals surface area contributed by atoms with Crippen LogP contribution in [0.2, 0.25) is 0 Å². The summed E-state index contributed by atoms with van der Waals surface area (Å²) in [5.41, 5.74) is 2.23. The highest BCUT2D eigenvalue weighted by atomic mass is 16.5. The Kier molecular flexibility index (Phi) is 2.91. The van der Waals surface area contributed by atoms with Crippen LogP contribution in [-0.4, -0.2) is 5.21 Å². The molecule has 0 atom stereocenters. The molecule has 0 saturated carbocycles. The molecular formula is C11H18NO+. The minimum absolute atomic E-state index is 0.351. The van der Waals surface area contributed by atoms with Crippen molar-refractivity contribution >= 4 is 0 Å². The van der Waals surface area contributed by atoms with Gasteiger partial charge in [0.1, 0.15) is 0 Å². The first-order chi connectivity index (χ1) is 6.04. The van der Waals surface area contributed by atoms with E-state index >= 15 is 0 Å². The second-order valence-electron chi connectivity index (χ2n) is 4.00. The standard InChI is InChI=1S/C11H18NO/c1-8(2)10-6-5-7-12(13)11(10)9(3)4/h5-9,13H,1-4H3/q+1. The first-order valence-corrected chi connectivity index (χ1v) is 4.77. The topological polar surface area (TPSA) is 24.1 Å². The Hall–Kier alpha value is -1.05. The lowest BCUT2D eigenvalue weighted by Gasteiger charge is -2.09. The molecule has 0 amide bonds. The van der Waals surface area contributed by atoms with E-state index in [1.807, 2.05) is 6.07 Å². The Bertz CT molecular complexity index is 292. The number of nitrogens with zero attached hydrogens (tertiary/aromatic N) is 1. The third-order valence-corrected chi connectivity index (χ3v) is 2.21. The van der Waals surface area contributed by atoms with Crippen molar-refractivity contribution in [2.24, 2.45) is 0 Å². The van der Waals surface area contributed by atoms with Gasteiger partial charge >= 0.3 is 0 Å². The van der Waals surface area contributed by atoms with Crippen molar-refractivity contribution in [2.45, 2.75) is 39.5 Å². The fraction of sp³-hybridized carbons (Fsp3) is 0.545. The van der Waals surface area contributed by atoms with Gasteiger partial charge in [0.05, 0.1) is 0 Å². The van der Waals surface area contributed by atoms with Crippen LogP contribution in [0, 0.1) is 0 Å². The van der Waals surface area contributed by atoms with Gasteiger partial charge in [-0.15, -0.1) is 0 Å². The molecule has 0 aliphatic heterocycles. The third-order valence-electron chi connectivity index (χ3n) is 2.21. The van der Waals surface area contributed by atoms with Gasteiger partial charge < -0.3 is 0 Å². The maximum atomic E-state index is 9.63. The molecule has 72 valence electrons. The average Bonchev–Trinajstić information content (AvgIpc) is 2.02. The van der Waals surface area contributed by atoms with Crippen LogP contribution in [0.3, 0.4) is 0 Å². The summed E-state index contributed by atoms with van der Waals surface area (Å²) in [5, 5.41) is 9.63. The van der Waals surface area contributed by atoms with E-state index in [1.54, 1.807) is 6.20 Å². The summed E-state index contributed by atoms with van der Waals surface area (Å²) in [7, 11) is 0. The maximum Gasteiger partial charge on any atom is 0.240 e. The predicted octanol–water partition coefficient (Wildman–Crippen LogP) is 2.46. The molecule has 13 heavy (non-hydrogen) atoms. The lowest BCUT2D eigenvalue weighted by molar-refractivity contribution is -0.910. The second kappa shape index (κ2) is 3.77. The van der Waals surface area contributed by atoms with Crippen molar-refractivity contribution < 1.29 is 9.94 Å². The average molecular weight is 180 g/mol. The maximum absolute atomic E-state index is 9.63. The molecule has 0 saturated heterocycles. The molecule has 0 aliphatic carbocycles. The normalized spacial score (nSPS) is 11.2. The summed E-state index contributed by atoms with van der Waals surface area (Å²) in [6.45, 7) is 8.46. The quantitative estimate of drug-likeness (QED) is 0.548. The monoisotopic (exact) mass is 180 g/mol. The highest BCUT2D eigenvalue weighted by molar-refractivity contribution is 5.21. The lowest BCUT2D eigenvalue weighted by Crippen LogP contribution is -2.36. The van der Waals surface area contributed by atoms with Gasteiger partial charge in [0.2, 0.25) is 11.9 Å². The fourth-order valence-electron chi connectivity index (χ4n) is 1.61. The van der Waals surface area contributed by atoms with E-state index in [1.165, 1.54) is 10.3 Å². The predicted molar refractivity (Wildman–Crippen MR) is 52.0 cm³/mol. The van der Waals surface area contributed by atoms with Gasteiger partial charge in [0.25, 0.3) is 0 Å². The zero-order chi connectivity index (χ0) is 10.0. The van der Waals surface area contributed by atoms with Gasteiger partial charge in [-0.05, 0) is 12.0 Å². The second-order valence-corrected chi connectivity index (χ2v) is 4.00. The first-order valence-electron chi connectivity index (χ1n) is 4.77. The fourth-order valence-corrected chi connectivity index (χ4v) is 1.61. The minimum atomic E-state index is 0.351. The summed E-state index contributed by atoms with van der Waals surface area (Å²) in [4.78, 5) is 0. The van der Waals surface area contributed by atoms with E-state index in [4.69, 9.17) is 0 Å². The Morgan fingerprint density at radius 1 is 1.15 bits per heavy atom. The Labute approximate surface area is 79.8 Å². The molecule has 1 aromatic rings. The molecule has 2 nitrogen and oxygen atoms in total. The Balaban J connectivity index is 3.26. The molecule has 1 N–H and O–H groups in total. The van der Waals surface area contributed by atoms with Crippen molar-refractivity contribution in [1.29, 1.82) is 0 Å². The van der Waals surface area contributed by atoms with Gasteiger partial charge in [-0.3, -0.25) is 5.21 Å². The summed E-state index contributed by atoms with van der Waals surface area (Å²) in [6, 6.07) is 3.95. The summed E-state index contributed by atoms with van der Waals surface area (Å²) in [6.07, 6.45) is 1.68. The van der Waals surface area contributed by atoms with Gasteiger partial charge in [0.15, 0.2) is 0 Å². The number of aromatic nitrogens is 1. The molecule has 0 unspecified atom stereocenters. The van der Waals surface area contributed by atoms with Crippen LogP contribution in [0.15, 0.2) is 18.3 Å². The van der Waals surface area contributed by atoms with E-state index in [-0.39, 0.29) is 0 Å². The number of rotatable bonds is 2. The van der Waals surface area contributed by atoms with Crippen molar-refractivity contribution in [1.82, 2.24) is 0 Å². The molecule has 0 bridgehead atoms. The highest BCUT2D eigenvalue weighted by Gasteiger charge is 2.21. The van der Waals surface area contributed by atoms with Gasteiger partial charge in [-0.2, -0.15) is 0 Å². The molecule has 0 radical (unpaired) electrons. The zero-order valence-corrected chi connectivity index (χ0v) is 8.78. The lowest BCUT2D eigenvalue weighted by atomic mass is 9.95. The first kappa shape index (κ1) is 10.0. The van der Waals surface area contributed by atoms with Crippen LogP contribution in [0.4, 0.5) is 0 Å². The van der Waals surface area contributed by atoms with E-state index in [9.17, 15) is 5.21 Å². The Morgan fingerprint density at radius 2 is 1.77 bits per heavy atom. The molecule has 0 aliphatic rings. The molecule has 2 heteroatoms. The van der Waals surface area contributed by atoms with Crippen LogP contribution in [0.1, 0.15) is 50.8 Å². The summed E-state index contributed by atoms with van der Waals surface area (Å²) >= 11 is 0. The van der Waals surface area contributed by atoms with Gasteiger partial charge in [0, 0.05) is 22.3 Å². The van der Waals surface area contributed by atoms with E-state index in [2.05, 4.69) is 33.8 Å². The molecule has 1 aromatic heterocycles. The SMILES string of the molecule is CC(C)c1ccc[n+](O)c1C(C)C. The van der Waals surface area contributed by atoms with Crippen molar-refractivity contribution in [3.8, 4) is 0 Å². The van der Waals surface area contributed by atoms with Crippen molar-refractivity contribution in [2.75, 3.05) is 0 Å². The van der Waals surface area contributed by atoms with Crippen LogP contribution in [0.25, 0.3) is 0 Å². The summed E-state index contributed by atoms with van der Waals surface area (Å²) < 4.78 is 1.24. The van der Waals surface area contributed by atoms with Crippen LogP contribution >= 0.6 is 0 Å². The van der Waals surface area contributed by atoms with Crippen molar-refractivity contribution in [3.63, 3.8) is 0 Å². The van der Waals surface area contributed by atoms with Crippen LogP contribution in [-0.2, 0) is 0 Å². The molecule has 1 rings (SSSR count). The van der Waals surface area contributed by atoms with Crippen molar-refractivity contribution in [3.05, 3.63) is 29.6 Å². The highest BCUT2D eigenvalue weighted by Crippen LogP contribution is 2.21. The molecule has 0 spiro atoms. The smallest absolute Gasteiger partial charge is 0.240 e. The number of pyridine rings is 1. The van der Waals surface area contributed by atoms with Crippen LogP contribution < -0.4 is 4.73 Å². The van der Waals surface area contributed by atoms with Gasteiger partial charge in [-0.25, -0.2) is 0 Å². The Morgan fingerprint density at radius 3 is 2.15 bits per heavy atom. The van der Waals surface area contributed by atoms with Crippen LogP contribution in [0.5, 0.6) is 0 Å². The number of hydrogen-bond acceptors (Lipinski definition) is 1. The molecule has 1 heterocycles. The molecule has 0 fully saturated rings. The number of hydrogen-bond donors (Lipinski definition) is 1. The van der Waals surface area contributed by atoms with E-state index < -0.39 is 0 Å². The largest absolute Gasteiger partial charge is 0.285 e. The van der Waals surface area contributed by atoms with Gasteiger partial charge in [-0.1, -0.05) is 27.7 Å². The minimum Gasteiger partial charge on any atom is -0.285 e.